The molecule has 1 heterocycles. The van der Waals surface area contributed by atoms with Gasteiger partial charge in [0.15, 0.2) is 0 Å². The van der Waals surface area contributed by atoms with Crippen molar-refractivity contribution in [3.8, 4) is 0 Å². The Balaban J connectivity index is 2.09. The highest BCUT2D eigenvalue weighted by molar-refractivity contribution is 5.85. The number of nitrogens with one attached hydrogen (secondary N) is 1. The van der Waals surface area contributed by atoms with E-state index in [9.17, 15) is 14.0 Å². The zero-order valence-corrected chi connectivity index (χ0v) is 10.6. The summed E-state index contributed by atoms with van der Waals surface area (Å²) in [5, 5.41) is 2.79. The van der Waals surface area contributed by atoms with Crippen LogP contribution in [0.15, 0.2) is 4.99 Å². The van der Waals surface area contributed by atoms with Crippen LogP contribution in [0.25, 0.3) is 0 Å². The van der Waals surface area contributed by atoms with Crippen molar-refractivity contribution < 1.29 is 14.0 Å². The number of unbranched alkanes of at least 4 members (excludes halogenated alkanes) is 1. The summed E-state index contributed by atoms with van der Waals surface area (Å²) in [5.74, 6) is 0.185. The van der Waals surface area contributed by atoms with E-state index in [-0.39, 0.29) is 17.9 Å². The first-order valence-electron chi connectivity index (χ1n) is 6.26. The van der Waals surface area contributed by atoms with Crippen molar-refractivity contribution in [2.45, 2.75) is 44.7 Å². The van der Waals surface area contributed by atoms with E-state index >= 15 is 0 Å². The van der Waals surface area contributed by atoms with Gasteiger partial charge in [-0.2, -0.15) is 4.39 Å². The van der Waals surface area contributed by atoms with Crippen molar-refractivity contribution in [2.75, 3.05) is 6.54 Å². The molecule has 6 heteroatoms. The number of carbonyl (C=O) groups excluding carboxylic acids is 2. The number of nitrogens with zero attached hydrogens (tertiary/aromatic N) is 1. The van der Waals surface area contributed by atoms with E-state index in [0.29, 0.717) is 25.8 Å². The molecule has 3 N–H and O–H groups in total. The van der Waals surface area contributed by atoms with Crippen LogP contribution in [-0.2, 0) is 9.59 Å². The average Bonchev–Trinajstić information content (AvgIpc) is 2.74. The second kappa shape index (κ2) is 7.20. The first-order chi connectivity index (χ1) is 8.52. The molecule has 1 aliphatic heterocycles. The summed E-state index contributed by atoms with van der Waals surface area (Å²) in [6, 6.07) is -2.78. The number of halogens is 1. The standard InChI is InChI=1S/C12H20FN3O2/c1-8-5-7-15-10(8)12(18)16-6-3-2-4-9(14)11(13)17/h7-10H,2-6,14H2,1H3,(H,16,18)/t8-,9+,10-/m1/s1. The highest BCUT2D eigenvalue weighted by atomic mass is 19.1. The highest BCUT2D eigenvalue weighted by Gasteiger charge is 2.26. The average molecular weight is 257 g/mol. The molecule has 0 aromatic rings. The third-order valence-corrected chi connectivity index (χ3v) is 3.08. The third kappa shape index (κ3) is 4.52. The zero-order valence-electron chi connectivity index (χ0n) is 10.6. The Morgan fingerprint density at radius 2 is 2.28 bits per heavy atom. The molecule has 3 atom stereocenters. The minimum absolute atomic E-state index is 0.0675. The van der Waals surface area contributed by atoms with Crippen LogP contribution in [0, 0.1) is 5.92 Å². The zero-order chi connectivity index (χ0) is 13.5. The lowest BCUT2D eigenvalue weighted by Crippen LogP contribution is -2.36. The Hall–Kier alpha value is -1.30. The summed E-state index contributed by atoms with van der Waals surface area (Å²) < 4.78 is 12.1. The van der Waals surface area contributed by atoms with Crippen molar-refractivity contribution >= 4 is 18.2 Å². The van der Waals surface area contributed by atoms with E-state index in [2.05, 4.69) is 10.3 Å². The van der Waals surface area contributed by atoms with E-state index in [1.165, 1.54) is 0 Å². The van der Waals surface area contributed by atoms with Crippen LogP contribution in [-0.4, -0.2) is 36.8 Å². The summed E-state index contributed by atoms with van der Waals surface area (Å²) in [7, 11) is 0. The molecule has 1 aliphatic rings. The lowest BCUT2D eigenvalue weighted by Gasteiger charge is -2.13. The number of hydrogen-bond donors (Lipinski definition) is 2. The van der Waals surface area contributed by atoms with Gasteiger partial charge in [-0.1, -0.05) is 6.92 Å². The van der Waals surface area contributed by atoms with E-state index < -0.39 is 12.1 Å². The first kappa shape index (κ1) is 14.8. The molecule has 0 aromatic carbocycles. The van der Waals surface area contributed by atoms with E-state index in [4.69, 9.17) is 5.73 Å². The Labute approximate surface area is 106 Å². The van der Waals surface area contributed by atoms with E-state index in [1.54, 1.807) is 6.21 Å². The van der Waals surface area contributed by atoms with Gasteiger partial charge in [0.1, 0.15) is 6.04 Å². The lowest BCUT2D eigenvalue weighted by molar-refractivity contribution is -0.130. The molecule has 1 amide bonds. The van der Waals surface area contributed by atoms with Gasteiger partial charge in [-0.3, -0.25) is 14.6 Å². The Bertz CT molecular complexity index is 333. The maximum Gasteiger partial charge on any atom is 0.318 e. The predicted molar refractivity (Wildman–Crippen MR) is 67.0 cm³/mol. The smallest absolute Gasteiger partial charge is 0.318 e. The van der Waals surface area contributed by atoms with Crippen LogP contribution < -0.4 is 11.1 Å². The third-order valence-electron chi connectivity index (χ3n) is 3.08. The maximum absolute atomic E-state index is 12.1. The summed E-state index contributed by atoms with van der Waals surface area (Å²) in [6.45, 7) is 2.49. The summed E-state index contributed by atoms with van der Waals surface area (Å²) in [4.78, 5) is 26.1. The number of amides is 1. The number of rotatable bonds is 7. The quantitative estimate of drug-likeness (QED) is 0.516. The molecule has 0 fully saturated rings. The largest absolute Gasteiger partial charge is 0.354 e. The van der Waals surface area contributed by atoms with E-state index in [0.717, 1.165) is 6.42 Å². The molecule has 18 heavy (non-hydrogen) atoms. The minimum atomic E-state index is -1.48. The second-order valence-corrected chi connectivity index (χ2v) is 4.69. The van der Waals surface area contributed by atoms with Crippen LogP contribution in [0.3, 0.4) is 0 Å². The Kier molecular flexibility index (Phi) is 5.91. The van der Waals surface area contributed by atoms with Gasteiger partial charge in [0, 0.05) is 12.8 Å². The molecular weight excluding hydrogens is 237 g/mol. The van der Waals surface area contributed by atoms with Crippen LogP contribution in [0.5, 0.6) is 0 Å². The molecule has 0 aliphatic carbocycles. The Morgan fingerprint density at radius 1 is 1.56 bits per heavy atom. The monoisotopic (exact) mass is 257 g/mol. The molecule has 0 bridgehead atoms. The number of nitrogens with two attached hydrogens (primary N) is 1. The predicted octanol–water partition coefficient (Wildman–Crippen LogP) is 0.576. The molecule has 5 nitrogen and oxygen atoms in total. The normalized spacial score (nSPS) is 23.9. The van der Waals surface area contributed by atoms with Crippen LogP contribution >= 0.6 is 0 Å². The van der Waals surface area contributed by atoms with Gasteiger partial charge in [-0.15, -0.1) is 0 Å². The molecule has 0 saturated heterocycles. The van der Waals surface area contributed by atoms with Crippen molar-refractivity contribution in [1.29, 1.82) is 0 Å². The van der Waals surface area contributed by atoms with Crippen molar-refractivity contribution in [1.82, 2.24) is 5.32 Å². The SMILES string of the molecule is C[C@@H]1CC=N[C@H]1C(=O)NCCCC[C@H](N)C(=O)F. The number of hydrogen-bond acceptors (Lipinski definition) is 4. The highest BCUT2D eigenvalue weighted by Crippen LogP contribution is 2.16. The molecule has 0 saturated carbocycles. The molecule has 0 radical (unpaired) electrons. The lowest BCUT2D eigenvalue weighted by atomic mass is 10.0. The van der Waals surface area contributed by atoms with Crippen LogP contribution in [0.1, 0.15) is 32.6 Å². The van der Waals surface area contributed by atoms with Gasteiger partial charge in [-0.05, 0) is 31.6 Å². The number of carbonyl (C=O) groups is 2. The van der Waals surface area contributed by atoms with Gasteiger partial charge in [0.25, 0.3) is 0 Å². The summed E-state index contributed by atoms with van der Waals surface area (Å²) in [6.07, 6.45) is 4.22. The van der Waals surface area contributed by atoms with Gasteiger partial charge in [-0.25, -0.2) is 0 Å². The first-order valence-corrected chi connectivity index (χ1v) is 6.26. The van der Waals surface area contributed by atoms with Gasteiger partial charge in [0.2, 0.25) is 5.91 Å². The van der Waals surface area contributed by atoms with Gasteiger partial charge < -0.3 is 11.1 Å². The fourth-order valence-corrected chi connectivity index (χ4v) is 1.86. The molecule has 0 spiro atoms. The second-order valence-electron chi connectivity index (χ2n) is 4.69. The molecule has 0 unspecified atom stereocenters. The fourth-order valence-electron chi connectivity index (χ4n) is 1.86. The van der Waals surface area contributed by atoms with Crippen LogP contribution in [0.4, 0.5) is 4.39 Å². The fraction of sp³-hybridized carbons (Fsp3) is 0.750. The van der Waals surface area contributed by atoms with Crippen molar-refractivity contribution in [2.24, 2.45) is 16.6 Å². The molecule has 1 rings (SSSR count). The Morgan fingerprint density at radius 3 is 2.83 bits per heavy atom. The molecular formula is C12H20FN3O2. The van der Waals surface area contributed by atoms with Crippen molar-refractivity contribution in [3.05, 3.63) is 0 Å². The van der Waals surface area contributed by atoms with Gasteiger partial charge >= 0.3 is 6.04 Å². The van der Waals surface area contributed by atoms with Gasteiger partial charge in [0.05, 0.1) is 6.04 Å². The summed E-state index contributed by atoms with van der Waals surface area (Å²) >= 11 is 0. The maximum atomic E-state index is 12.1. The minimum Gasteiger partial charge on any atom is -0.354 e. The summed E-state index contributed by atoms with van der Waals surface area (Å²) in [5.41, 5.74) is 5.25. The van der Waals surface area contributed by atoms with E-state index in [1.807, 2.05) is 6.92 Å². The topological polar surface area (TPSA) is 84.6 Å². The number of aliphatic imine (C=N–C) groups is 1. The molecule has 102 valence electrons. The van der Waals surface area contributed by atoms with Crippen LogP contribution in [0.2, 0.25) is 0 Å². The van der Waals surface area contributed by atoms with Crippen molar-refractivity contribution in [3.63, 3.8) is 0 Å². The molecule has 0 aromatic heterocycles.